The van der Waals surface area contributed by atoms with Gasteiger partial charge in [0.2, 0.25) is 0 Å². The van der Waals surface area contributed by atoms with Gasteiger partial charge < -0.3 is 9.47 Å². The smallest absolute Gasteiger partial charge is 0.336 e. The summed E-state index contributed by atoms with van der Waals surface area (Å²) in [5.41, 5.74) is 1.31. The summed E-state index contributed by atoms with van der Waals surface area (Å²) in [7, 11) is 1.45. The lowest BCUT2D eigenvalue weighted by molar-refractivity contribution is -0.129. The monoisotopic (exact) mass is 234 g/mol. The number of hydrogen-bond acceptors (Lipinski definition) is 4. The summed E-state index contributed by atoms with van der Waals surface area (Å²) in [6.07, 6.45) is 2.08. The number of carbonyl (C=O) groups is 2. The number of ether oxygens (including phenoxy) is 2. The number of carbonyl (C=O) groups excluding carboxylic acids is 2. The summed E-state index contributed by atoms with van der Waals surface area (Å²) in [5, 5.41) is 0. The third-order valence-electron chi connectivity index (χ3n) is 1.94. The van der Waals surface area contributed by atoms with E-state index < -0.39 is 5.97 Å². The second-order valence-electron chi connectivity index (χ2n) is 3.67. The summed E-state index contributed by atoms with van der Waals surface area (Å²) < 4.78 is 10.1. The van der Waals surface area contributed by atoms with Crippen LogP contribution in [0.3, 0.4) is 0 Å². The third kappa shape index (κ3) is 3.75. The number of rotatable bonds is 4. The molecule has 1 rings (SSSR count). The molecule has 0 amide bonds. The van der Waals surface area contributed by atoms with Gasteiger partial charge in [-0.1, -0.05) is 5.57 Å². The van der Waals surface area contributed by atoms with Gasteiger partial charge in [-0.15, -0.1) is 0 Å². The lowest BCUT2D eigenvalue weighted by atomic mass is 10.2. The average molecular weight is 234 g/mol. The van der Waals surface area contributed by atoms with Gasteiger partial charge in [-0.05, 0) is 32.0 Å². The molecular formula is C13H14O4. The van der Waals surface area contributed by atoms with Crippen molar-refractivity contribution in [2.75, 3.05) is 7.11 Å². The minimum atomic E-state index is -0.470. The van der Waals surface area contributed by atoms with Crippen LogP contribution in [0, 0.1) is 0 Å². The largest absolute Gasteiger partial charge is 0.493 e. The molecule has 1 aromatic rings. The van der Waals surface area contributed by atoms with E-state index in [-0.39, 0.29) is 0 Å². The van der Waals surface area contributed by atoms with Gasteiger partial charge in [0.1, 0.15) is 6.29 Å². The molecular weight excluding hydrogens is 220 g/mol. The van der Waals surface area contributed by atoms with Crippen LogP contribution < -0.4 is 9.47 Å². The first-order valence-electron chi connectivity index (χ1n) is 5.06. The van der Waals surface area contributed by atoms with Crippen molar-refractivity contribution in [2.24, 2.45) is 0 Å². The normalized spacial score (nSPS) is 9.35. The van der Waals surface area contributed by atoms with Gasteiger partial charge >= 0.3 is 5.97 Å². The molecule has 0 saturated carbocycles. The van der Waals surface area contributed by atoms with Gasteiger partial charge in [0.25, 0.3) is 0 Å². The van der Waals surface area contributed by atoms with Crippen molar-refractivity contribution in [1.29, 1.82) is 0 Å². The summed E-state index contributed by atoms with van der Waals surface area (Å²) >= 11 is 0. The molecule has 90 valence electrons. The van der Waals surface area contributed by atoms with Crippen LogP contribution in [0.2, 0.25) is 0 Å². The average Bonchev–Trinajstić information content (AvgIpc) is 2.28. The third-order valence-corrected chi connectivity index (χ3v) is 1.94. The molecule has 1 aromatic carbocycles. The SMILES string of the molecule is COc1cc(C=O)ccc1OC(=O)C=C(C)C. The lowest BCUT2D eigenvalue weighted by Gasteiger charge is -2.08. The topological polar surface area (TPSA) is 52.6 Å². The van der Waals surface area contributed by atoms with E-state index >= 15 is 0 Å². The Labute approximate surface area is 99.8 Å². The number of hydrogen-bond donors (Lipinski definition) is 0. The quantitative estimate of drug-likeness (QED) is 0.347. The fourth-order valence-corrected chi connectivity index (χ4v) is 1.22. The lowest BCUT2D eigenvalue weighted by Crippen LogP contribution is -2.05. The Bertz CT molecular complexity index is 456. The predicted molar refractivity (Wildman–Crippen MR) is 63.4 cm³/mol. The molecule has 0 spiro atoms. The molecule has 0 bridgehead atoms. The number of benzene rings is 1. The van der Waals surface area contributed by atoms with E-state index in [1.54, 1.807) is 19.9 Å². The minimum absolute atomic E-state index is 0.292. The molecule has 0 aliphatic heterocycles. The van der Waals surface area contributed by atoms with Crippen LogP contribution in [0.4, 0.5) is 0 Å². The number of aldehydes is 1. The van der Waals surface area contributed by atoms with Crippen LogP contribution in [0.5, 0.6) is 11.5 Å². The molecule has 0 N–H and O–H groups in total. The van der Waals surface area contributed by atoms with E-state index in [1.807, 2.05) is 0 Å². The van der Waals surface area contributed by atoms with Crippen molar-refractivity contribution in [3.8, 4) is 11.5 Å². The number of esters is 1. The maximum atomic E-state index is 11.4. The van der Waals surface area contributed by atoms with Crippen LogP contribution in [-0.2, 0) is 4.79 Å². The van der Waals surface area contributed by atoms with E-state index in [4.69, 9.17) is 9.47 Å². The maximum Gasteiger partial charge on any atom is 0.336 e. The van der Waals surface area contributed by atoms with Gasteiger partial charge in [0, 0.05) is 11.6 Å². The molecule has 0 heterocycles. The van der Waals surface area contributed by atoms with Gasteiger partial charge in [0.05, 0.1) is 7.11 Å². The Morgan fingerprint density at radius 2 is 1.94 bits per heavy atom. The minimum Gasteiger partial charge on any atom is -0.493 e. The summed E-state index contributed by atoms with van der Waals surface area (Å²) in [6, 6.07) is 4.60. The van der Waals surface area contributed by atoms with Crippen LogP contribution in [0.25, 0.3) is 0 Å². The van der Waals surface area contributed by atoms with Crippen molar-refractivity contribution in [2.45, 2.75) is 13.8 Å². The highest BCUT2D eigenvalue weighted by Gasteiger charge is 2.08. The molecule has 0 aromatic heterocycles. The Kier molecular flexibility index (Phi) is 4.46. The fraction of sp³-hybridized carbons (Fsp3) is 0.231. The molecule has 0 aliphatic rings. The van der Waals surface area contributed by atoms with Crippen molar-refractivity contribution < 1.29 is 19.1 Å². The van der Waals surface area contributed by atoms with E-state index in [2.05, 4.69) is 0 Å². The molecule has 0 atom stereocenters. The molecule has 17 heavy (non-hydrogen) atoms. The molecule has 4 nitrogen and oxygen atoms in total. The number of methoxy groups -OCH3 is 1. The highest BCUT2D eigenvalue weighted by Crippen LogP contribution is 2.27. The first-order chi connectivity index (χ1) is 8.06. The molecule has 4 heteroatoms. The molecule has 0 unspecified atom stereocenters. The van der Waals surface area contributed by atoms with Gasteiger partial charge in [-0.3, -0.25) is 4.79 Å². The molecule has 0 aliphatic carbocycles. The highest BCUT2D eigenvalue weighted by molar-refractivity contribution is 5.85. The zero-order valence-electron chi connectivity index (χ0n) is 10.0. The van der Waals surface area contributed by atoms with Crippen molar-refractivity contribution in [1.82, 2.24) is 0 Å². The summed E-state index contributed by atoms with van der Waals surface area (Å²) in [5.74, 6) is 0.174. The van der Waals surface area contributed by atoms with Crippen molar-refractivity contribution >= 4 is 12.3 Å². The molecule has 0 radical (unpaired) electrons. The second-order valence-corrected chi connectivity index (χ2v) is 3.67. The van der Waals surface area contributed by atoms with E-state index in [0.717, 1.165) is 5.57 Å². The Hall–Kier alpha value is -2.10. The standard InChI is InChI=1S/C13H14O4/c1-9(2)6-13(15)17-11-5-4-10(8-14)7-12(11)16-3/h4-8H,1-3H3. The Morgan fingerprint density at radius 3 is 2.47 bits per heavy atom. The highest BCUT2D eigenvalue weighted by atomic mass is 16.6. The molecule has 0 saturated heterocycles. The zero-order chi connectivity index (χ0) is 12.8. The van der Waals surface area contributed by atoms with E-state index in [0.29, 0.717) is 23.3 Å². The Morgan fingerprint density at radius 1 is 1.24 bits per heavy atom. The Balaban J connectivity index is 2.95. The van der Waals surface area contributed by atoms with Crippen LogP contribution in [0.15, 0.2) is 29.8 Å². The van der Waals surface area contributed by atoms with Crippen LogP contribution in [-0.4, -0.2) is 19.4 Å². The first kappa shape index (κ1) is 13.0. The maximum absolute atomic E-state index is 11.4. The summed E-state index contributed by atoms with van der Waals surface area (Å²) in [6.45, 7) is 3.60. The van der Waals surface area contributed by atoms with E-state index in [9.17, 15) is 9.59 Å². The summed E-state index contributed by atoms with van der Waals surface area (Å²) in [4.78, 5) is 22.0. The zero-order valence-corrected chi connectivity index (χ0v) is 10.0. The van der Waals surface area contributed by atoms with Crippen molar-refractivity contribution in [3.05, 3.63) is 35.4 Å². The van der Waals surface area contributed by atoms with Gasteiger partial charge in [-0.2, -0.15) is 0 Å². The van der Waals surface area contributed by atoms with E-state index in [1.165, 1.54) is 25.3 Å². The van der Waals surface area contributed by atoms with Crippen LogP contribution >= 0.6 is 0 Å². The predicted octanol–water partition coefficient (Wildman–Crippen LogP) is 2.38. The van der Waals surface area contributed by atoms with Crippen LogP contribution in [0.1, 0.15) is 24.2 Å². The van der Waals surface area contributed by atoms with Crippen molar-refractivity contribution in [3.63, 3.8) is 0 Å². The second kappa shape index (κ2) is 5.84. The number of allylic oxidation sites excluding steroid dienone is 1. The van der Waals surface area contributed by atoms with Gasteiger partial charge in [0.15, 0.2) is 11.5 Å². The van der Waals surface area contributed by atoms with Gasteiger partial charge in [-0.25, -0.2) is 4.79 Å². The first-order valence-corrected chi connectivity index (χ1v) is 5.06. The molecule has 0 fully saturated rings. The fourth-order valence-electron chi connectivity index (χ4n) is 1.22.